The van der Waals surface area contributed by atoms with E-state index in [0.717, 1.165) is 0 Å². The summed E-state index contributed by atoms with van der Waals surface area (Å²) in [5.74, 6) is -1.67. The number of carbonyl (C=O) groups excluding carboxylic acids is 2. The maximum absolute atomic E-state index is 13.4. The summed E-state index contributed by atoms with van der Waals surface area (Å²) in [6, 6.07) is 2.24. The van der Waals surface area contributed by atoms with Crippen LogP contribution in [0.1, 0.15) is 32.0 Å². The zero-order valence-electron chi connectivity index (χ0n) is 16.9. The van der Waals surface area contributed by atoms with E-state index in [4.69, 9.17) is 9.47 Å². The second-order valence-corrected chi connectivity index (χ2v) is 8.74. The molecule has 1 unspecified atom stereocenters. The summed E-state index contributed by atoms with van der Waals surface area (Å²) in [6.45, 7) is 3.87. The first-order chi connectivity index (χ1) is 14.2. The third-order valence-corrected chi connectivity index (χ3v) is 6.46. The van der Waals surface area contributed by atoms with Gasteiger partial charge >= 0.3 is 0 Å². The summed E-state index contributed by atoms with van der Waals surface area (Å²) >= 11 is 4.48. The molecule has 0 saturated heterocycles. The minimum Gasteiger partial charge on any atom is -0.503 e. The van der Waals surface area contributed by atoms with Gasteiger partial charge in [0.25, 0.3) is 5.91 Å². The van der Waals surface area contributed by atoms with Crippen molar-refractivity contribution in [2.24, 2.45) is 0 Å². The number of aromatic hydroxyl groups is 1. The third kappa shape index (κ3) is 3.82. The number of hydrogen-bond acceptors (Lipinski definition) is 8. The summed E-state index contributed by atoms with van der Waals surface area (Å²) in [5.41, 5.74) is 0.989. The van der Waals surface area contributed by atoms with Gasteiger partial charge in [-0.15, -0.1) is 11.3 Å². The quantitative estimate of drug-likeness (QED) is 0.564. The molecule has 1 aliphatic rings. The molecule has 1 aromatic carbocycles. The molecule has 0 saturated carbocycles. The van der Waals surface area contributed by atoms with E-state index in [9.17, 15) is 19.8 Å². The molecule has 0 radical (unpaired) electrons. The number of hydrogen-bond donors (Lipinski definition) is 2. The zero-order valence-corrected chi connectivity index (χ0v) is 19.3. The lowest BCUT2D eigenvalue weighted by molar-refractivity contribution is -0.130. The number of phenols is 1. The van der Waals surface area contributed by atoms with Gasteiger partial charge < -0.3 is 24.6 Å². The Morgan fingerprint density at radius 2 is 2.00 bits per heavy atom. The molecule has 0 fully saturated rings. The highest BCUT2D eigenvalue weighted by Crippen LogP contribution is 2.44. The highest BCUT2D eigenvalue weighted by molar-refractivity contribution is 9.10. The summed E-state index contributed by atoms with van der Waals surface area (Å²) in [7, 11) is 2.90. The third-order valence-electron chi connectivity index (χ3n) is 4.78. The molecule has 10 heteroatoms. The van der Waals surface area contributed by atoms with Gasteiger partial charge in [-0.05, 0) is 47.5 Å². The van der Waals surface area contributed by atoms with Crippen LogP contribution in [0, 0.1) is 13.8 Å². The first-order valence-corrected chi connectivity index (χ1v) is 10.6. The molecular weight excluding hydrogens is 476 g/mol. The van der Waals surface area contributed by atoms with Crippen LogP contribution in [0.25, 0.3) is 0 Å². The van der Waals surface area contributed by atoms with E-state index in [1.807, 2.05) is 0 Å². The highest BCUT2D eigenvalue weighted by Gasteiger charge is 2.44. The Morgan fingerprint density at radius 1 is 1.30 bits per heavy atom. The fourth-order valence-electron chi connectivity index (χ4n) is 3.42. The van der Waals surface area contributed by atoms with Crippen LogP contribution in [0.3, 0.4) is 0 Å². The molecule has 1 atom stereocenters. The van der Waals surface area contributed by atoms with Crippen LogP contribution in [0.4, 0.5) is 0 Å². The standard InChI is InChI=1S/C20H21BrN2O6S/c1-9-19(30-10(2)22-9)17(25)14-15(23(5-6-28-3)20(27)18(14)26)11-7-12(21)16(24)13(8-11)29-4/h7-8,15,24,26H,5-6H2,1-4H3. The number of carbonyl (C=O) groups is 2. The van der Waals surface area contributed by atoms with Gasteiger partial charge in [0.1, 0.15) is 0 Å². The van der Waals surface area contributed by atoms with Crippen LogP contribution < -0.4 is 4.74 Å². The van der Waals surface area contributed by atoms with Crippen LogP contribution >= 0.6 is 27.3 Å². The number of nitrogens with zero attached hydrogens (tertiary/aromatic N) is 2. The van der Waals surface area contributed by atoms with Crippen LogP contribution in [-0.4, -0.2) is 59.2 Å². The fraction of sp³-hybridized carbons (Fsp3) is 0.350. The van der Waals surface area contributed by atoms with E-state index >= 15 is 0 Å². The summed E-state index contributed by atoms with van der Waals surface area (Å²) in [4.78, 5) is 32.3. The first kappa shape index (κ1) is 22.3. The maximum Gasteiger partial charge on any atom is 0.290 e. The van der Waals surface area contributed by atoms with Crippen LogP contribution in [0.15, 0.2) is 27.9 Å². The van der Waals surface area contributed by atoms with Gasteiger partial charge in [-0.3, -0.25) is 9.59 Å². The lowest BCUT2D eigenvalue weighted by Gasteiger charge is -2.27. The van der Waals surface area contributed by atoms with E-state index in [-0.39, 0.29) is 30.2 Å². The average molecular weight is 497 g/mol. The molecule has 3 rings (SSSR count). The molecule has 8 nitrogen and oxygen atoms in total. The SMILES string of the molecule is COCCN1C(=O)C(O)=C(C(=O)c2sc(C)nc2C)C1c1cc(Br)c(O)c(OC)c1. The highest BCUT2D eigenvalue weighted by atomic mass is 79.9. The number of benzene rings is 1. The number of aliphatic hydroxyl groups excluding tert-OH is 1. The normalized spacial score (nSPS) is 16.5. The molecule has 160 valence electrons. The Labute approximate surface area is 185 Å². The number of ketones is 1. The van der Waals surface area contributed by atoms with Gasteiger partial charge in [0, 0.05) is 13.7 Å². The van der Waals surface area contributed by atoms with E-state index < -0.39 is 23.5 Å². The molecule has 0 aliphatic carbocycles. The summed E-state index contributed by atoms with van der Waals surface area (Å²) in [6.07, 6.45) is 0. The number of thiazole rings is 1. The maximum atomic E-state index is 13.4. The number of amides is 1. The molecule has 2 heterocycles. The topological polar surface area (TPSA) is 109 Å². The number of ether oxygens (including phenoxy) is 2. The van der Waals surface area contributed by atoms with Gasteiger partial charge in [0.05, 0.1) is 45.4 Å². The largest absolute Gasteiger partial charge is 0.503 e. The van der Waals surface area contributed by atoms with Crippen molar-refractivity contribution in [2.45, 2.75) is 19.9 Å². The lowest BCUT2D eigenvalue weighted by atomic mass is 9.94. The van der Waals surface area contributed by atoms with Crippen molar-refractivity contribution in [1.82, 2.24) is 9.88 Å². The molecule has 0 bridgehead atoms. The number of aliphatic hydroxyl groups is 1. The van der Waals surface area contributed by atoms with Gasteiger partial charge in [-0.1, -0.05) is 0 Å². The van der Waals surface area contributed by atoms with Gasteiger partial charge in [0.2, 0.25) is 5.78 Å². The molecule has 30 heavy (non-hydrogen) atoms. The number of phenolic OH excluding ortho intramolecular Hbond substituents is 1. The molecule has 1 aromatic heterocycles. The molecular formula is C20H21BrN2O6S. The van der Waals surface area contributed by atoms with Gasteiger partial charge in [0.15, 0.2) is 17.3 Å². The number of halogens is 1. The Morgan fingerprint density at radius 3 is 2.57 bits per heavy atom. The molecule has 2 aromatic rings. The monoisotopic (exact) mass is 496 g/mol. The second kappa shape index (κ2) is 8.75. The fourth-order valence-corrected chi connectivity index (χ4v) is 4.76. The van der Waals surface area contributed by atoms with Crippen LogP contribution in [0.5, 0.6) is 11.5 Å². The zero-order chi connectivity index (χ0) is 22.2. The summed E-state index contributed by atoms with van der Waals surface area (Å²) < 4.78 is 10.7. The van der Waals surface area contributed by atoms with E-state index in [1.54, 1.807) is 19.9 Å². The van der Waals surface area contributed by atoms with E-state index in [1.165, 1.54) is 36.5 Å². The number of aromatic nitrogens is 1. The minimum atomic E-state index is -0.882. The Kier molecular flexibility index (Phi) is 6.49. The summed E-state index contributed by atoms with van der Waals surface area (Å²) in [5, 5.41) is 21.5. The van der Waals surface area contributed by atoms with Crippen molar-refractivity contribution >= 4 is 39.0 Å². The molecule has 2 N–H and O–H groups in total. The van der Waals surface area contributed by atoms with E-state index in [2.05, 4.69) is 20.9 Å². The predicted octanol–water partition coefficient (Wildman–Crippen LogP) is 3.46. The number of methoxy groups -OCH3 is 2. The minimum absolute atomic E-state index is 0.0394. The number of aryl methyl sites for hydroxylation is 2. The van der Waals surface area contributed by atoms with E-state index in [0.29, 0.717) is 25.6 Å². The van der Waals surface area contributed by atoms with Gasteiger partial charge in [-0.2, -0.15) is 0 Å². The second-order valence-electron chi connectivity index (χ2n) is 6.69. The smallest absolute Gasteiger partial charge is 0.290 e. The van der Waals surface area contributed by atoms with Crippen molar-refractivity contribution < 1.29 is 29.3 Å². The van der Waals surface area contributed by atoms with Crippen LogP contribution in [0.2, 0.25) is 0 Å². The molecule has 1 amide bonds. The molecule has 1 aliphatic heterocycles. The lowest BCUT2D eigenvalue weighted by Crippen LogP contribution is -2.34. The first-order valence-electron chi connectivity index (χ1n) is 8.99. The Bertz CT molecular complexity index is 1050. The Hall–Kier alpha value is -2.43. The van der Waals surface area contributed by atoms with Crippen molar-refractivity contribution in [1.29, 1.82) is 0 Å². The predicted molar refractivity (Wildman–Crippen MR) is 114 cm³/mol. The van der Waals surface area contributed by atoms with Crippen molar-refractivity contribution in [3.05, 3.63) is 49.1 Å². The van der Waals surface area contributed by atoms with Crippen molar-refractivity contribution in [2.75, 3.05) is 27.4 Å². The average Bonchev–Trinajstić information content (AvgIpc) is 3.17. The van der Waals surface area contributed by atoms with Crippen LogP contribution in [-0.2, 0) is 9.53 Å². The number of Topliss-reactive ketones (excluding diaryl/α,β-unsaturated/α-hetero) is 1. The van der Waals surface area contributed by atoms with Crippen molar-refractivity contribution in [3.63, 3.8) is 0 Å². The number of rotatable bonds is 7. The van der Waals surface area contributed by atoms with Crippen molar-refractivity contribution in [3.8, 4) is 11.5 Å². The Balaban J connectivity index is 2.18. The molecule has 0 spiro atoms. The van der Waals surface area contributed by atoms with Gasteiger partial charge in [-0.25, -0.2) is 4.98 Å².